The molecule has 1 unspecified atom stereocenters. The fourth-order valence-corrected chi connectivity index (χ4v) is 3.51. The number of ether oxygens (including phenoxy) is 1. The summed E-state index contributed by atoms with van der Waals surface area (Å²) < 4.78 is 33.2. The number of rotatable bonds is 7. The summed E-state index contributed by atoms with van der Waals surface area (Å²) in [5, 5.41) is 1.45. The number of fused-ring (bicyclic) bond motifs is 1. The number of nitrogens with two attached hydrogens (primary N) is 1. The Bertz CT molecular complexity index is 742. The van der Waals surface area contributed by atoms with Crippen molar-refractivity contribution in [1.82, 2.24) is 4.72 Å². The van der Waals surface area contributed by atoms with E-state index in [1.54, 1.807) is 18.2 Å². The Labute approximate surface area is 131 Å². The van der Waals surface area contributed by atoms with E-state index in [0.29, 0.717) is 30.7 Å². The summed E-state index contributed by atoms with van der Waals surface area (Å²) in [4.78, 5) is 0.260. The number of benzene rings is 2. The molecule has 6 heteroatoms. The van der Waals surface area contributed by atoms with Crippen LogP contribution in [0.3, 0.4) is 0 Å². The van der Waals surface area contributed by atoms with Crippen LogP contribution in [-0.2, 0) is 10.0 Å². The Kier molecular flexibility index (Phi) is 5.39. The minimum atomic E-state index is -3.58. The SMILES string of the molecule is CCOc1ccc(S(=O)(=O)NCCC(C)N)c2ccccc12. The Morgan fingerprint density at radius 1 is 1.18 bits per heavy atom. The molecular weight excluding hydrogens is 300 g/mol. The molecule has 0 spiro atoms. The third-order valence-electron chi connectivity index (χ3n) is 3.33. The lowest BCUT2D eigenvalue weighted by Gasteiger charge is -2.13. The van der Waals surface area contributed by atoms with E-state index in [-0.39, 0.29) is 10.9 Å². The molecule has 0 aliphatic heterocycles. The molecule has 0 saturated carbocycles. The van der Waals surface area contributed by atoms with Crippen LogP contribution >= 0.6 is 0 Å². The highest BCUT2D eigenvalue weighted by Crippen LogP contribution is 2.30. The van der Waals surface area contributed by atoms with Crippen molar-refractivity contribution >= 4 is 20.8 Å². The molecular formula is C16H22N2O3S. The zero-order chi connectivity index (χ0) is 16.2. The Morgan fingerprint density at radius 2 is 1.86 bits per heavy atom. The molecule has 0 saturated heterocycles. The molecule has 0 aromatic heterocycles. The lowest BCUT2D eigenvalue weighted by molar-refractivity contribution is 0.344. The molecule has 0 fully saturated rings. The maximum atomic E-state index is 12.5. The Hall–Kier alpha value is -1.63. The number of nitrogens with one attached hydrogen (secondary N) is 1. The van der Waals surface area contributed by atoms with Crippen molar-refractivity contribution in [3.63, 3.8) is 0 Å². The van der Waals surface area contributed by atoms with Crippen molar-refractivity contribution in [3.8, 4) is 5.75 Å². The zero-order valence-corrected chi connectivity index (χ0v) is 13.7. The monoisotopic (exact) mass is 322 g/mol. The average Bonchev–Trinajstić information content (AvgIpc) is 2.47. The van der Waals surface area contributed by atoms with Crippen LogP contribution in [0.2, 0.25) is 0 Å². The maximum Gasteiger partial charge on any atom is 0.241 e. The van der Waals surface area contributed by atoms with Crippen molar-refractivity contribution in [2.24, 2.45) is 5.73 Å². The average molecular weight is 322 g/mol. The minimum absolute atomic E-state index is 0.0419. The third kappa shape index (κ3) is 3.76. The molecule has 120 valence electrons. The van der Waals surface area contributed by atoms with Crippen molar-refractivity contribution in [3.05, 3.63) is 36.4 Å². The second kappa shape index (κ2) is 7.09. The quantitative estimate of drug-likeness (QED) is 0.819. The molecule has 0 bridgehead atoms. The molecule has 2 aromatic rings. The molecule has 0 aliphatic rings. The molecule has 5 nitrogen and oxygen atoms in total. The van der Waals surface area contributed by atoms with E-state index in [4.69, 9.17) is 10.5 Å². The summed E-state index contributed by atoms with van der Waals surface area (Å²) in [7, 11) is -3.58. The summed E-state index contributed by atoms with van der Waals surface area (Å²) in [6.45, 7) is 4.60. The molecule has 0 radical (unpaired) electrons. The standard InChI is InChI=1S/C16H22N2O3S/c1-3-21-15-8-9-16(14-7-5-4-6-13(14)15)22(19,20)18-11-10-12(2)17/h4-9,12,18H,3,10-11,17H2,1-2H3. The van der Waals surface area contributed by atoms with Crippen LogP contribution in [0.25, 0.3) is 10.8 Å². The molecule has 0 amide bonds. The van der Waals surface area contributed by atoms with Gasteiger partial charge in [0.05, 0.1) is 11.5 Å². The summed E-state index contributed by atoms with van der Waals surface area (Å²) in [5.41, 5.74) is 5.65. The van der Waals surface area contributed by atoms with Gasteiger partial charge in [-0.15, -0.1) is 0 Å². The topological polar surface area (TPSA) is 81.4 Å². The molecule has 2 aromatic carbocycles. The van der Waals surface area contributed by atoms with E-state index < -0.39 is 10.0 Å². The number of hydrogen-bond acceptors (Lipinski definition) is 4. The molecule has 3 N–H and O–H groups in total. The van der Waals surface area contributed by atoms with Crippen LogP contribution in [-0.4, -0.2) is 27.6 Å². The van der Waals surface area contributed by atoms with Crippen molar-refractivity contribution in [1.29, 1.82) is 0 Å². The number of sulfonamides is 1. The lowest BCUT2D eigenvalue weighted by Crippen LogP contribution is -2.29. The van der Waals surface area contributed by atoms with Crippen LogP contribution in [0.1, 0.15) is 20.3 Å². The van der Waals surface area contributed by atoms with E-state index >= 15 is 0 Å². The highest BCUT2D eigenvalue weighted by molar-refractivity contribution is 7.89. The first-order chi connectivity index (χ1) is 10.5. The highest BCUT2D eigenvalue weighted by atomic mass is 32.2. The largest absolute Gasteiger partial charge is 0.493 e. The van der Waals surface area contributed by atoms with Gasteiger partial charge in [-0.25, -0.2) is 13.1 Å². The Balaban J connectivity index is 2.41. The second-order valence-corrected chi connectivity index (χ2v) is 6.94. The number of hydrogen-bond donors (Lipinski definition) is 2. The molecule has 1 atom stereocenters. The van der Waals surface area contributed by atoms with Gasteiger partial charge >= 0.3 is 0 Å². The second-order valence-electron chi connectivity index (χ2n) is 5.20. The summed E-state index contributed by atoms with van der Waals surface area (Å²) in [5.74, 6) is 0.688. The van der Waals surface area contributed by atoms with E-state index in [1.165, 1.54) is 0 Å². The van der Waals surface area contributed by atoms with Gasteiger partial charge in [0, 0.05) is 23.4 Å². The van der Waals surface area contributed by atoms with E-state index in [0.717, 1.165) is 5.39 Å². The van der Waals surface area contributed by atoms with Gasteiger partial charge in [0.15, 0.2) is 0 Å². The van der Waals surface area contributed by atoms with Gasteiger partial charge in [-0.1, -0.05) is 24.3 Å². The van der Waals surface area contributed by atoms with Gasteiger partial charge < -0.3 is 10.5 Å². The normalized spacial score (nSPS) is 13.2. The van der Waals surface area contributed by atoms with E-state index in [1.807, 2.05) is 32.0 Å². The van der Waals surface area contributed by atoms with Crippen LogP contribution in [0, 0.1) is 0 Å². The van der Waals surface area contributed by atoms with Crippen LogP contribution in [0.5, 0.6) is 5.75 Å². The van der Waals surface area contributed by atoms with Gasteiger partial charge in [-0.2, -0.15) is 0 Å². The predicted octanol–water partition coefficient (Wildman–Crippen LogP) is 2.25. The predicted molar refractivity (Wildman–Crippen MR) is 88.6 cm³/mol. The maximum absolute atomic E-state index is 12.5. The van der Waals surface area contributed by atoms with Gasteiger partial charge in [0.25, 0.3) is 0 Å². The summed E-state index contributed by atoms with van der Waals surface area (Å²) in [6, 6.07) is 10.6. The fraction of sp³-hybridized carbons (Fsp3) is 0.375. The van der Waals surface area contributed by atoms with Crippen molar-refractivity contribution < 1.29 is 13.2 Å². The van der Waals surface area contributed by atoms with Gasteiger partial charge in [-0.05, 0) is 32.4 Å². The molecule has 0 aliphatic carbocycles. The molecule has 22 heavy (non-hydrogen) atoms. The first-order valence-electron chi connectivity index (χ1n) is 7.35. The third-order valence-corrected chi connectivity index (χ3v) is 4.84. The lowest BCUT2D eigenvalue weighted by atomic mass is 10.1. The first-order valence-corrected chi connectivity index (χ1v) is 8.84. The van der Waals surface area contributed by atoms with Crippen LogP contribution in [0.4, 0.5) is 0 Å². The first kappa shape index (κ1) is 16.7. The summed E-state index contributed by atoms with van der Waals surface area (Å²) >= 11 is 0. The van der Waals surface area contributed by atoms with Crippen molar-refractivity contribution in [2.45, 2.75) is 31.2 Å². The minimum Gasteiger partial charge on any atom is -0.493 e. The van der Waals surface area contributed by atoms with Gasteiger partial charge in [0.1, 0.15) is 5.75 Å². The van der Waals surface area contributed by atoms with Crippen molar-refractivity contribution in [2.75, 3.05) is 13.2 Å². The van der Waals surface area contributed by atoms with Gasteiger partial charge in [0.2, 0.25) is 10.0 Å². The van der Waals surface area contributed by atoms with Gasteiger partial charge in [-0.3, -0.25) is 0 Å². The van der Waals surface area contributed by atoms with Crippen LogP contribution in [0.15, 0.2) is 41.3 Å². The van der Waals surface area contributed by atoms with E-state index in [2.05, 4.69) is 4.72 Å². The molecule has 0 heterocycles. The van der Waals surface area contributed by atoms with E-state index in [9.17, 15) is 8.42 Å². The zero-order valence-electron chi connectivity index (χ0n) is 12.9. The smallest absolute Gasteiger partial charge is 0.241 e. The Morgan fingerprint density at radius 3 is 2.50 bits per heavy atom. The highest BCUT2D eigenvalue weighted by Gasteiger charge is 2.18. The fourth-order valence-electron chi connectivity index (χ4n) is 2.26. The van der Waals surface area contributed by atoms with Crippen LogP contribution < -0.4 is 15.2 Å². The summed E-state index contributed by atoms with van der Waals surface area (Å²) in [6.07, 6.45) is 0.591. The molecule has 2 rings (SSSR count).